The minimum Gasteiger partial charge on any atom is -0.390 e. The molecule has 0 radical (unpaired) electrons. The second-order valence-electron chi connectivity index (χ2n) is 5.43. The first-order chi connectivity index (χ1) is 6.12. The first-order valence-corrected chi connectivity index (χ1v) is 5.84. The molecule has 0 aliphatic heterocycles. The van der Waals surface area contributed by atoms with Crippen LogP contribution in [0.5, 0.6) is 0 Å². The normalized spacial score (nSPS) is 47.3. The van der Waals surface area contributed by atoms with E-state index in [0.29, 0.717) is 5.92 Å². The van der Waals surface area contributed by atoms with Crippen LogP contribution in [0.2, 0.25) is 0 Å². The van der Waals surface area contributed by atoms with Crippen molar-refractivity contribution in [1.29, 1.82) is 0 Å². The Balaban J connectivity index is 1.99. The van der Waals surface area contributed by atoms with Crippen LogP contribution in [0.25, 0.3) is 0 Å². The molecule has 0 aromatic carbocycles. The molecule has 0 heterocycles. The lowest BCUT2D eigenvalue weighted by Gasteiger charge is -2.47. The molecule has 3 atom stereocenters. The van der Waals surface area contributed by atoms with Gasteiger partial charge in [-0.15, -0.1) is 0 Å². The lowest BCUT2D eigenvalue weighted by Crippen LogP contribution is -2.46. The molecule has 2 aliphatic carbocycles. The SMILES string of the molecule is CC1CCC(O)(C2CCC2)CC1C. The van der Waals surface area contributed by atoms with Crippen LogP contribution in [0.1, 0.15) is 52.4 Å². The van der Waals surface area contributed by atoms with Crippen LogP contribution in [0.3, 0.4) is 0 Å². The van der Waals surface area contributed by atoms with Crippen LogP contribution in [0.15, 0.2) is 0 Å². The Labute approximate surface area is 81.5 Å². The molecule has 1 nitrogen and oxygen atoms in total. The Morgan fingerprint density at radius 1 is 1.08 bits per heavy atom. The number of hydrogen-bond donors (Lipinski definition) is 1. The molecule has 1 heteroatoms. The van der Waals surface area contributed by atoms with Crippen LogP contribution in [0.4, 0.5) is 0 Å². The van der Waals surface area contributed by atoms with E-state index in [4.69, 9.17) is 0 Å². The van der Waals surface area contributed by atoms with Gasteiger partial charge in [-0.3, -0.25) is 0 Å². The van der Waals surface area contributed by atoms with Gasteiger partial charge < -0.3 is 5.11 Å². The maximum absolute atomic E-state index is 10.5. The highest BCUT2D eigenvalue weighted by molar-refractivity contribution is 4.95. The molecule has 2 rings (SSSR count). The molecule has 0 aromatic heterocycles. The second kappa shape index (κ2) is 3.27. The smallest absolute Gasteiger partial charge is 0.0678 e. The van der Waals surface area contributed by atoms with Gasteiger partial charge in [-0.2, -0.15) is 0 Å². The van der Waals surface area contributed by atoms with E-state index in [1.54, 1.807) is 0 Å². The van der Waals surface area contributed by atoms with Crippen molar-refractivity contribution < 1.29 is 5.11 Å². The van der Waals surface area contributed by atoms with Crippen molar-refractivity contribution in [2.45, 2.75) is 58.0 Å². The zero-order valence-electron chi connectivity index (χ0n) is 8.92. The van der Waals surface area contributed by atoms with Crippen molar-refractivity contribution in [3.05, 3.63) is 0 Å². The van der Waals surface area contributed by atoms with Crippen LogP contribution < -0.4 is 0 Å². The van der Waals surface area contributed by atoms with Crippen molar-refractivity contribution in [3.8, 4) is 0 Å². The van der Waals surface area contributed by atoms with Gasteiger partial charge in [0.2, 0.25) is 0 Å². The monoisotopic (exact) mass is 182 g/mol. The van der Waals surface area contributed by atoms with Crippen molar-refractivity contribution in [2.24, 2.45) is 17.8 Å². The maximum atomic E-state index is 10.5. The van der Waals surface area contributed by atoms with Gasteiger partial charge in [0.1, 0.15) is 0 Å². The van der Waals surface area contributed by atoms with E-state index in [9.17, 15) is 5.11 Å². The predicted octanol–water partition coefficient (Wildman–Crippen LogP) is 2.97. The summed E-state index contributed by atoms with van der Waals surface area (Å²) in [4.78, 5) is 0. The average Bonchev–Trinajstić information content (AvgIpc) is 1.94. The van der Waals surface area contributed by atoms with E-state index in [-0.39, 0.29) is 5.60 Å². The molecule has 0 bridgehead atoms. The van der Waals surface area contributed by atoms with E-state index in [2.05, 4.69) is 13.8 Å². The standard InChI is InChI=1S/C12H22O/c1-9-6-7-12(13,8-10(9)2)11-4-3-5-11/h9-11,13H,3-8H2,1-2H3. The largest absolute Gasteiger partial charge is 0.390 e. The molecule has 13 heavy (non-hydrogen) atoms. The zero-order chi connectivity index (χ0) is 9.47. The Morgan fingerprint density at radius 3 is 2.23 bits per heavy atom. The summed E-state index contributed by atoms with van der Waals surface area (Å²) in [5, 5.41) is 10.5. The van der Waals surface area contributed by atoms with E-state index < -0.39 is 0 Å². The third-order valence-electron chi connectivity index (χ3n) is 4.54. The minimum absolute atomic E-state index is 0.274. The highest BCUT2D eigenvalue weighted by Gasteiger charge is 2.43. The van der Waals surface area contributed by atoms with E-state index >= 15 is 0 Å². The Kier molecular flexibility index (Phi) is 2.39. The van der Waals surface area contributed by atoms with E-state index in [0.717, 1.165) is 24.7 Å². The first-order valence-electron chi connectivity index (χ1n) is 5.84. The number of hydrogen-bond acceptors (Lipinski definition) is 1. The maximum Gasteiger partial charge on any atom is 0.0678 e. The van der Waals surface area contributed by atoms with Crippen LogP contribution >= 0.6 is 0 Å². The van der Waals surface area contributed by atoms with Crippen molar-refractivity contribution in [3.63, 3.8) is 0 Å². The molecule has 0 spiro atoms. The van der Waals surface area contributed by atoms with Gasteiger partial charge in [-0.05, 0) is 49.9 Å². The van der Waals surface area contributed by atoms with Gasteiger partial charge in [-0.25, -0.2) is 0 Å². The summed E-state index contributed by atoms with van der Waals surface area (Å²) in [7, 11) is 0. The molecule has 2 aliphatic rings. The van der Waals surface area contributed by atoms with Crippen molar-refractivity contribution in [2.75, 3.05) is 0 Å². The molecule has 0 saturated heterocycles. The molecule has 1 N–H and O–H groups in total. The quantitative estimate of drug-likeness (QED) is 0.661. The van der Waals surface area contributed by atoms with Crippen molar-refractivity contribution >= 4 is 0 Å². The lowest BCUT2D eigenvalue weighted by atomic mass is 9.62. The number of rotatable bonds is 1. The molecule has 0 aromatic rings. The molecule has 2 saturated carbocycles. The molecule has 0 amide bonds. The summed E-state index contributed by atoms with van der Waals surface area (Å²) < 4.78 is 0. The second-order valence-corrected chi connectivity index (χ2v) is 5.43. The zero-order valence-corrected chi connectivity index (χ0v) is 8.92. The molecule has 76 valence electrons. The van der Waals surface area contributed by atoms with Crippen molar-refractivity contribution in [1.82, 2.24) is 0 Å². The summed E-state index contributed by atoms with van der Waals surface area (Å²) in [6.07, 6.45) is 7.24. The molecular weight excluding hydrogens is 160 g/mol. The fourth-order valence-electron chi connectivity index (χ4n) is 2.94. The summed E-state index contributed by atoms with van der Waals surface area (Å²) in [5.41, 5.74) is -0.274. The predicted molar refractivity (Wildman–Crippen MR) is 54.5 cm³/mol. The van der Waals surface area contributed by atoms with Gasteiger partial charge in [0.25, 0.3) is 0 Å². The topological polar surface area (TPSA) is 20.2 Å². The van der Waals surface area contributed by atoms with Gasteiger partial charge >= 0.3 is 0 Å². The molecular formula is C12H22O. The third kappa shape index (κ3) is 1.63. The Hall–Kier alpha value is -0.0400. The fraction of sp³-hybridized carbons (Fsp3) is 1.00. The fourth-order valence-corrected chi connectivity index (χ4v) is 2.94. The molecule has 2 fully saturated rings. The Morgan fingerprint density at radius 2 is 1.77 bits per heavy atom. The van der Waals surface area contributed by atoms with Gasteiger partial charge in [0, 0.05) is 0 Å². The first kappa shape index (κ1) is 9.51. The minimum atomic E-state index is -0.274. The summed E-state index contributed by atoms with van der Waals surface area (Å²) in [6.45, 7) is 4.62. The summed E-state index contributed by atoms with van der Waals surface area (Å²) in [6, 6.07) is 0. The number of aliphatic hydroxyl groups is 1. The third-order valence-corrected chi connectivity index (χ3v) is 4.54. The molecule has 3 unspecified atom stereocenters. The van der Waals surface area contributed by atoms with Crippen LogP contribution in [-0.2, 0) is 0 Å². The summed E-state index contributed by atoms with van der Waals surface area (Å²) >= 11 is 0. The van der Waals surface area contributed by atoms with E-state index in [1.807, 2.05) is 0 Å². The van der Waals surface area contributed by atoms with Gasteiger partial charge in [0.15, 0.2) is 0 Å². The Bertz CT molecular complexity index is 186. The van der Waals surface area contributed by atoms with Crippen LogP contribution in [-0.4, -0.2) is 10.7 Å². The summed E-state index contributed by atoms with van der Waals surface area (Å²) in [5.74, 6) is 2.18. The van der Waals surface area contributed by atoms with Gasteiger partial charge in [-0.1, -0.05) is 20.3 Å². The van der Waals surface area contributed by atoms with Gasteiger partial charge in [0.05, 0.1) is 5.60 Å². The van der Waals surface area contributed by atoms with E-state index in [1.165, 1.54) is 25.7 Å². The highest BCUT2D eigenvalue weighted by Crippen LogP contribution is 2.47. The van der Waals surface area contributed by atoms with Crippen LogP contribution in [0, 0.1) is 17.8 Å². The lowest BCUT2D eigenvalue weighted by molar-refractivity contribution is -0.0981. The average molecular weight is 182 g/mol. The highest BCUT2D eigenvalue weighted by atomic mass is 16.3.